The molecule has 5 rings (SSSR count). The second-order valence-corrected chi connectivity index (χ2v) is 9.96. The number of aliphatic hydroxyl groups excluding tert-OH is 1. The molecule has 0 amide bonds. The second-order valence-electron chi connectivity index (χ2n) is 9.96. The van der Waals surface area contributed by atoms with Gasteiger partial charge < -0.3 is 34.1 Å². The van der Waals surface area contributed by atoms with Gasteiger partial charge in [-0.3, -0.25) is 0 Å². The fraction of sp³-hybridized carbons (Fsp3) is 0.400. The number of nitrogens with one attached hydrogen (secondary N) is 1. The van der Waals surface area contributed by atoms with E-state index in [1.807, 2.05) is 74.5 Å². The van der Waals surface area contributed by atoms with Crippen molar-refractivity contribution in [2.75, 3.05) is 26.3 Å². The van der Waals surface area contributed by atoms with E-state index in [9.17, 15) is 5.11 Å². The molecule has 7 nitrogen and oxygen atoms in total. The van der Waals surface area contributed by atoms with Gasteiger partial charge in [0.05, 0.1) is 25.9 Å². The number of aliphatic hydroxyl groups is 1. The van der Waals surface area contributed by atoms with E-state index in [4.69, 9.17) is 23.7 Å². The van der Waals surface area contributed by atoms with Crippen LogP contribution in [0.3, 0.4) is 0 Å². The maximum absolute atomic E-state index is 10.6. The van der Waals surface area contributed by atoms with E-state index in [1.54, 1.807) is 0 Å². The largest absolute Gasteiger partial charge is 0.486 e. The summed E-state index contributed by atoms with van der Waals surface area (Å²) in [7, 11) is 0. The zero-order chi connectivity index (χ0) is 25.7. The summed E-state index contributed by atoms with van der Waals surface area (Å²) >= 11 is 0. The van der Waals surface area contributed by atoms with Crippen LogP contribution in [-0.4, -0.2) is 43.3 Å². The van der Waals surface area contributed by atoms with Crippen LogP contribution in [0, 0.1) is 0 Å². The van der Waals surface area contributed by atoms with Crippen molar-refractivity contribution in [2.24, 2.45) is 0 Å². The standard InChI is InChI=1S/C30H35NO6/c1-30(2)35-18-24-15-23(9-11-27(24)37-30)26(32)16-31-13-12-21-8-10-28-29(14-21)34-20-25(36-28)19-33-17-22-6-4-3-5-7-22/h3-11,14-15,25-26,31-32H,12-13,16-20H2,1-2H3/t25?,26-/m0/s1. The molecule has 2 aliphatic rings. The maximum atomic E-state index is 10.6. The molecular formula is C30H35NO6. The van der Waals surface area contributed by atoms with E-state index in [2.05, 4.69) is 11.4 Å². The average molecular weight is 506 g/mol. The number of ether oxygens (including phenoxy) is 5. The third kappa shape index (κ3) is 6.81. The van der Waals surface area contributed by atoms with Crippen LogP contribution < -0.4 is 19.5 Å². The first-order valence-corrected chi connectivity index (χ1v) is 12.8. The highest BCUT2D eigenvalue weighted by Gasteiger charge is 2.27. The lowest BCUT2D eigenvalue weighted by molar-refractivity contribution is -0.180. The Morgan fingerprint density at radius 3 is 2.70 bits per heavy atom. The van der Waals surface area contributed by atoms with Gasteiger partial charge in [0, 0.05) is 26.0 Å². The highest BCUT2D eigenvalue weighted by atomic mass is 16.7. The molecule has 0 bridgehead atoms. The molecule has 0 fully saturated rings. The van der Waals surface area contributed by atoms with E-state index in [1.165, 1.54) is 0 Å². The molecule has 2 heterocycles. The quantitative estimate of drug-likeness (QED) is 0.391. The van der Waals surface area contributed by atoms with Crippen molar-refractivity contribution >= 4 is 0 Å². The second kappa shape index (κ2) is 11.5. The molecular weight excluding hydrogens is 470 g/mol. The van der Waals surface area contributed by atoms with Crippen molar-refractivity contribution in [3.63, 3.8) is 0 Å². The number of hydrogen-bond acceptors (Lipinski definition) is 7. The van der Waals surface area contributed by atoms with Crippen LogP contribution in [0.5, 0.6) is 17.2 Å². The zero-order valence-electron chi connectivity index (χ0n) is 21.4. The highest BCUT2D eigenvalue weighted by molar-refractivity contribution is 5.44. The SMILES string of the molecule is CC1(C)OCc2cc([C@@H](O)CNCCc3ccc4c(c3)OCC(COCc3ccccc3)O4)ccc2O1. The molecule has 3 aromatic rings. The van der Waals surface area contributed by atoms with Crippen molar-refractivity contribution in [2.45, 2.75) is 51.5 Å². The van der Waals surface area contributed by atoms with Crippen LogP contribution in [0.4, 0.5) is 0 Å². The number of fused-ring (bicyclic) bond motifs is 2. The Bertz CT molecular complexity index is 1180. The van der Waals surface area contributed by atoms with E-state index >= 15 is 0 Å². The Morgan fingerprint density at radius 1 is 1.00 bits per heavy atom. The Hall–Kier alpha value is -3.10. The minimum Gasteiger partial charge on any atom is -0.486 e. The molecule has 2 N–H and O–H groups in total. The number of benzene rings is 3. The minimum atomic E-state index is -0.624. The molecule has 0 radical (unpaired) electrons. The van der Waals surface area contributed by atoms with E-state index < -0.39 is 11.9 Å². The molecule has 1 unspecified atom stereocenters. The summed E-state index contributed by atoms with van der Waals surface area (Å²) in [6.07, 6.45) is 0.0773. The molecule has 0 aromatic heterocycles. The predicted molar refractivity (Wildman–Crippen MR) is 140 cm³/mol. The maximum Gasteiger partial charge on any atom is 0.205 e. The molecule has 0 spiro atoms. The third-order valence-corrected chi connectivity index (χ3v) is 6.47. The fourth-order valence-electron chi connectivity index (χ4n) is 4.43. The van der Waals surface area contributed by atoms with E-state index in [-0.39, 0.29) is 6.10 Å². The highest BCUT2D eigenvalue weighted by Crippen LogP contribution is 2.34. The molecule has 196 valence electrons. The first-order valence-electron chi connectivity index (χ1n) is 12.8. The van der Waals surface area contributed by atoms with Crippen molar-refractivity contribution in [3.05, 3.63) is 89.0 Å². The zero-order valence-corrected chi connectivity index (χ0v) is 21.4. The van der Waals surface area contributed by atoms with Crippen LogP contribution in [0.25, 0.3) is 0 Å². The molecule has 2 atom stereocenters. The average Bonchev–Trinajstić information content (AvgIpc) is 2.91. The van der Waals surface area contributed by atoms with Gasteiger partial charge in [-0.05, 0) is 53.9 Å². The van der Waals surface area contributed by atoms with Gasteiger partial charge in [-0.2, -0.15) is 0 Å². The summed E-state index contributed by atoms with van der Waals surface area (Å²) < 4.78 is 29.4. The van der Waals surface area contributed by atoms with Crippen LogP contribution in [0.2, 0.25) is 0 Å². The number of rotatable bonds is 10. The minimum absolute atomic E-state index is 0.126. The van der Waals surface area contributed by atoms with Crippen LogP contribution in [0.1, 0.15) is 42.2 Å². The lowest BCUT2D eigenvalue weighted by Crippen LogP contribution is -2.35. The van der Waals surface area contributed by atoms with Gasteiger partial charge in [-0.1, -0.05) is 42.5 Å². The Morgan fingerprint density at radius 2 is 1.84 bits per heavy atom. The van der Waals surface area contributed by atoms with Gasteiger partial charge >= 0.3 is 0 Å². The summed E-state index contributed by atoms with van der Waals surface area (Å²) in [6, 6.07) is 21.9. The molecule has 0 saturated carbocycles. The van der Waals surface area contributed by atoms with Crippen molar-refractivity contribution in [3.8, 4) is 17.2 Å². The molecule has 0 aliphatic carbocycles. The van der Waals surface area contributed by atoms with Gasteiger partial charge in [0.1, 0.15) is 12.4 Å². The Balaban J connectivity index is 1.04. The normalized spacial score (nSPS) is 18.5. The Kier molecular flexibility index (Phi) is 7.96. The molecule has 2 aliphatic heterocycles. The molecule has 3 aromatic carbocycles. The third-order valence-electron chi connectivity index (χ3n) is 6.47. The van der Waals surface area contributed by atoms with Gasteiger partial charge in [0.15, 0.2) is 17.6 Å². The Labute approximate surface area is 218 Å². The molecule has 7 heteroatoms. The lowest BCUT2D eigenvalue weighted by atomic mass is 10.0. The first-order chi connectivity index (χ1) is 17.9. The van der Waals surface area contributed by atoms with Crippen LogP contribution in [-0.2, 0) is 29.1 Å². The van der Waals surface area contributed by atoms with Crippen LogP contribution in [0.15, 0.2) is 66.7 Å². The van der Waals surface area contributed by atoms with Crippen molar-refractivity contribution in [1.29, 1.82) is 0 Å². The van der Waals surface area contributed by atoms with Gasteiger partial charge in [-0.25, -0.2) is 0 Å². The summed E-state index contributed by atoms with van der Waals surface area (Å²) in [4.78, 5) is 0. The monoisotopic (exact) mass is 505 g/mol. The topological polar surface area (TPSA) is 78.4 Å². The number of hydrogen-bond donors (Lipinski definition) is 2. The summed E-state index contributed by atoms with van der Waals surface area (Å²) in [5.74, 6) is 1.69. The van der Waals surface area contributed by atoms with Crippen molar-refractivity contribution in [1.82, 2.24) is 5.32 Å². The summed E-state index contributed by atoms with van der Waals surface area (Å²) in [5.41, 5.74) is 4.09. The van der Waals surface area contributed by atoms with Gasteiger partial charge in [-0.15, -0.1) is 0 Å². The van der Waals surface area contributed by atoms with E-state index in [0.29, 0.717) is 33.0 Å². The first kappa shape index (κ1) is 25.5. The predicted octanol–water partition coefficient (Wildman–Crippen LogP) is 4.55. The summed E-state index contributed by atoms with van der Waals surface area (Å²) in [5, 5.41) is 14.0. The summed E-state index contributed by atoms with van der Waals surface area (Å²) in [6.45, 7) is 6.95. The van der Waals surface area contributed by atoms with Crippen LogP contribution >= 0.6 is 0 Å². The molecule has 0 saturated heterocycles. The molecule has 37 heavy (non-hydrogen) atoms. The van der Waals surface area contributed by atoms with E-state index in [0.717, 1.165) is 52.5 Å². The smallest absolute Gasteiger partial charge is 0.205 e. The lowest BCUT2D eigenvalue weighted by Gasteiger charge is -2.33. The van der Waals surface area contributed by atoms with Gasteiger partial charge in [0.25, 0.3) is 0 Å². The van der Waals surface area contributed by atoms with Gasteiger partial charge in [0.2, 0.25) is 5.79 Å². The van der Waals surface area contributed by atoms with Crippen molar-refractivity contribution < 1.29 is 28.8 Å². The fourth-order valence-corrected chi connectivity index (χ4v) is 4.43.